The third kappa shape index (κ3) is 4.75. The molecule has 2 rings (SSSR count). The van der Waals surface area contributed by atoms with Crippen molar-refractivity contribution in [1.82, 2.24) is 5.32 Å². The van der Waals surface area contributed by atoms with Crippen LogP contribution in [0.25, 0.3) is 0 Å². The summed E-state index contributed by atoms with van der Waals surface area (Å²) >= 11 is 0. The third-order valence-electron chi connectivity index (χ3n) is 2.29. The van der Waals surface area contributed by atoms with Crippen LogP contribution in [0.2, 0.25) is 0 Å². The first-order valence-corrected chi connectivity index (χ1v) is 6.32. The van der Waals surface area contributed by atoms with Gasteiger partial charge in [-0.1, -0.05) is 39.0 Å². The molecule has 3 nitrogen and oxygen atoms in total. The Bertz CT molecular complexity index is 455. The molecule has 1 N–H and O–H groups in total. The van der Waals surface area contributed by atoms with Crippen molar-refractivity contribution >= 4 is 6.09 Å². The van der Waals surface area contributed by atoms with Crippen LogP contribution in [0.1, 0.15) is 38.0 Å². The average molecular weight is 289 g/mol. The van der Waals surface area contributed by atoms with Crippen LogP contribution in [-0.2, 0) is 10.9 Å². The number of benzene rings is 1. The number of alkyl halides is 3. The second kappa shape index (κ2) is 6.63. The van der Waals surface area contributed by atoms with E-state index in [0.29, 0.717) is 0 Å². The predicted molar refractivity (Wildman–Crippen MR) is 69.2 cm³/mol. The highest BCUT2D eigenvalue weighted by Gasteiger charge is 2.37. The number of halogens is 3. The third-order valence-corrected chi connectivity index (χ3v) is 2.29. The number of hydrogen-bond donors (Lipinski definition) is 1. The zero-order chi connectivity index (χ0) is 15.3. The maximum absolute atomic E-state index is 12.6. The first-order valence-electron chi connectivity index (χ1n) is 6.32. The summed E-state index contributed by atoms with van der Waals surface area (Å²) in [4.78, 5) is 10.8. The van der Waals surface area contributed by atoms with E-state index >= 15 is 0 Å². The summed E-state index contributed by atoms with van der Waals surface area (Å²) < 4.78 is 42.6. The minimum Gasteiger partial charge on any atom is -0.439 e. The highest BCUT2D eigenvalue weighted by Crippen LogP contribution is 2.36. The number of alkyl carbamates (subject to hydrolysis) is 1. The van der Waals surface area contributed by atoms with E-state index in [1.54, 1.807) is 0 Å². The smallest absolute Gasteiger partial charge is 0.416 e. The Morgan fingerprint density at radius 2 is 1.80 bits per heavy atom. The fourth-order valence-corrected chi connectivity index (χ4v) is 1.60. The largest absolute Gasteiger partial charge is 0.439 e. The molecule has 6 heteroatoms. The lowest BCUT2D eigenvalue weighted by Crippen LogP contribution is -2.15. The van der Waals surface area contributed by atoms with Crippen molar-refractivity contribution in [3.63, 3.8) is 0 Å². The standard InChI is InChI=1S/C10H8F3NO2.C4H10/c11-10(12,13)7-4-2-1-3-6(7)8-5-14-9(15)16-8;1-4(2)3/h1-4,8H,5H2,(H,14,15);4H,1-3H3. The normalized spacial score (nSPS) is 18.1. The topological polar surface area (TPSA) is 38.3 Å². The predicted octanol–water partition coefficient (Wildman–Crippen LogP) is 4.15. The zero-order valence-electron chi connectivity index (χ0n) is 11.6. The van der Waals surface area contributed by atoms with Gasteiger partial charge in [0, 0.05) is 5.56 Å². The average Bonchev–Trinajstić information content (AvgIpc) is 2.74. The van der Waals surface area contributed by atoms with Gasteiger partial charge in [-0.2, -0.15) is 13.2 Å². The van der Waals surface area contributed by atoms with Crippen LogP contribution in [0, 0.1) is 5.92 Å². The number of carbonyl (C=O) groups excluding carboxylic acids is 1. The second-order valence-corrected chi connectivity index (χ2v) is 5.09. The number of cyclic esters (lactones) is 1. The van der Waals surface area contributed by atoms with Gasteiger partial charge in [0.15, 0.2) is 0 Å². The molecule has 1 aromatic rings. The van der Waals surface area contributed by atoms with Gasteiger partial charge in [0.25, 0.3) is 0 Å². The molecule has 20 heavy (non-hydrogen) atoms. The van der Waals surface area contributed by atoms with Crippen LogP contribution in [0.4, 0.5) is 18.0 Å². The van der Waals surface area contributed by atoms with Crippen molar-refractivity contribution in [3.05, 3.63) is 35.4 Å². The molecule has 1 aromatic carbocycles. The number of nitrogens with one attached hydrogen (secondary N) is 1. The van der Waals surface area contributed by atoms with Gasteiger partial charge in [0.2, 0.25) is 0 Å². The van der Waals surface area contributed by atoms with Gasteiger partial charge >= 0.3 is 12.3 Å². The van der Waals surface area contributed by atoms with Gasteiger partial charge in [-0.3, -0.25) is 0 Å². The van der Waals surface area contributed by atoms with Crippen LogP contribution >= 0.6 is 0 Å². The molecule has 0 radical (unpaired) electrons. The lowest BCUT2D eigenvalue weighted by Gasteiger charge is -2.15. The second-order valence-electron chi connectivity index (χ2n) is 5.09. The fourth-order valence-electron chi connectivity index (χ4n) is 1.60. The first kappa shape index (κ1) is 16.3. The molecular weight excluding hydrogens is 271 g/mol. The quantitative estimate of drug-likeness (QED) is 0.843. The van der Waals surface area contributed by atoms with Crippen molar-refractivity contribution < 1.29 is 22.7 Å². The fraction of sp³-hybridized carbons (Fsp3) is 0.500. The van der Waals surface area contributed by atoms with Gasteiger partial charge in [0.05, 0.1) is 12.1 Å². The van der Waals surface area contributed by atoms with E-state index in [4.69, 9.17) is 4.74 Å². The van der Waals surface area contributed by atoms with E-state index in [1.165, 1.54) is 18.2 Å². The number of hydrogen-bond acceptors (Lipinski definition) is 2. The number of rotatable bonds is 1. The Morgan fingerprint density at radius 1 is 1.25 bits per heavy atom. The maximum Gasteiger partial charge on any atom is 0.416 e. The molecule has 1 heterocycles. The molecule has 1 aliphatic rings. The molecule has 1 unspecified atom stereocenters. The molecule has 112 valence electrons. The summed E-state index contributed by atoms with van der Waals surface area (Å²) in [5.41, 5.74) is -0.787. The van der Waals surface area contributed by atoms with Crippen LogP contribution in [-0.4, -0.2) is 12.6 Å². The molecule has 1 fully saturated rings. The summed E-state index contributed by atoms with van der Waals surface area (Å²) in [5, 5.41) is 2.32. The summed E-state index contributed by atoms with van der Waals surface area (Å²) in [6, 6.07) is 5.07. The minimum atomic E-state index is -4.44. The Kier molecular flexibility index (Phi) is 5.42. The van der Waals surface area contributed by atoms with Gasteiger partial charge < -0.3 is 10.1 Å². The Hall–Kier alpha value is -1.72. The lowest BCUT2D eigenvalue weighted by molar-refractivity contribution is -0.139. The minimum absolute atomic E-state index is 0.0200. The summed E-state index contributed by atoms with van der Waals surface area (Å²) in [7, 11) is 0. The lowest BCUT2D eigenvalue weighted by atomic mass is 10.0. The molecule has 0 aliphatic carbocycles. The zero-order valence-corrected chi connectivity index (χ0v) is 11.6. The van der Waals surface area contributed by atoms with E-state index < -0.39 is 23.9 Å². The summed E-state index contributed by atoms with van der Waals surface area (Å²) in [5.74, 6) is 0.833. The monoisotopic (exact) mass is 289 g/mol. The van der Waals surface area contributed by atoms with Gasteiger partial charge in [-0.05, 0) is 12.0 Å². The van der Waals surface area contributed by atoms with Crippen molar-refractivity contribution in [1.29, 1.82) is 0 Å². The molecule has 0 spiro atoms. The van der Waals surface area contributed by atoms with Crippen molar-refractivity contribution in [2.45, 2.75) is 33.1 Å². The summed E-state index contributed by atoms with van der Waals surface area (Å²) in [6.07, 6.45) is -6.00. The first-order chi connectivity index (χ1) is 9.21. The Balaban J connectivity index is 0.000000444. The number of amides is 1. The number of ether oxygens (including phenoxy) is 1. The van der Waals surface area contributed by atoms with E-state index in [1.807, 2.05) is 0 Å². The van der Waals surface area contributed by atoms with Crippen molar-refractivity contribution in [2.75, 3.05) is 6.54 Å². The van der Waals surface area contributed by atoms with Crippen molar-refractivity contribution in [2.24, 2.45) is 5.92 Å². The van der Waals surface area contributed by atoms with E-state index in [2.05, 4.69) is 26.1 Å². The molecule has 0 aromatic heterocycles. The van der Waals surface area contributed by atoms with Crippen LogP contribution in [0.5, 0.6) is 0 Å². The highest BCUT2D eigenvalue weighted by atomic mass is 19.4. The Morgan fingerprint density at radius 3 is 2.25 bits per heavy atom. The Labute approximate surface area is 116 Å². The van der Waals surface area contributed by atoms with E-state index in [9.17, 15) is 18.0 Å². The molecular formula is C14H18F3NO2. The molecule has 1 amide bonds. The van der Waals surface area contributed by atoms with E-state index in [0.717, 1.165) is 12.0 Å². The van der Waals surface area contributed by atoms with Gasteiger partial charge in [-0.25, -0.2) is 4.79 Å². The van der Waals surface area contributed by atoms with Gasteiger partial charge in [-0.15, -0.1) is 0 Å². The van der Waals surface area contributed by atoms with E-state index in [-0.39, 0.29) is 12.1 Å². The number of carbonyl (C=O) groups is 1. The molecule has 1 aliphatic heterocycles. The molecule has 1 atom stereocenters. The van der Waals surface area contributed by atoms with Crippen LogP contribution in [0.3, 0.4) is 0 Å². The highest BCUT2D eigenvalue weighted by molar-refractivity contribution is 5.69. The van der Waals surface area contributed by atoms with Gasteiger partial charge in [0.1, 0.15) is 6.10 Å². The SMILES string of the molecule is CC(C)C.O=C1NCC(c2ccccc2C(F)(F)F)O1. The van der Waals surface area contributed by atoms with Crippen LogP contribution in [0.15, 0.2) is 24.3 Å². The van der Waals surface area contributed by atoms with Crippen LogP contribution < -0.4 is 5.32 Å². The molecule has 1 saturated heterocycles. The molecule has 0 bridgehead atoms. The van der Waals surface area contributed by atoms with Crippen molar-refractivity contribution in [3.8, 4) is 0 Å². The molecule has 0 saturated carbocycles. The summed E-state index contributed by atoms with van der Waals surface area (Å²) in [6.45, 7) is 6.56. The maximum atomic E-state index is 12.6.